The van der Waals surface area contributed by atoms with Gasteiger partial charge in [-0.15, -0.1) is 11.3 Å². The summed E-state index contributed by atoms with van der Waals surface area (Å²) in [7, 11) is 0. The van der Waals surface area contributed by atoms with Crippen molar-refractivity contribution in [3.63, 3.8) is 0 Å². The number of nitrogens with zero attached hydrogens (tertiary/aromatic N) is 1. The van der Waals surface area contributed by atoms with Gasteiger partial charge in [-0.25, -0.2) is 0 Å². The Morgan fingerprint density at radius 2 is 2.00 bits per heavy atom. The maximum absolute atomic E-state index is 3.65. The molecule has 2 fully saturated rings. The molecular formula is C18H24N2S. The highest BCUT2D eigenvalue weighted by Gasteiger charge is 2.39. The van der Waals surface area contributed by atoms with Gasteiger partial charge in [0.05, 0.1) is 0 Å². The first-order chi connectivity index (χ1) is 10.4. The van der Waals surface area contributed by atoms with E-state index in [9.17, 15) is 0 Å². The Morgan fingerprint density at radius 3 is 2.90 bits per heavy atom. The summed E-state index contributed by atoms with van der Waals surface area (Å²) in [5, 5.41) is 7.50. The van der Waals surface area contributed by atoms with Gasteiger partial charge in [-0.1, -0.05) is 37.5 Å². The SMILES string of the molecule is c1ccc2c(CN3CCNCC34CCCCC4)csc2c1. The molecule has 1 spiro atoms. The molecule has 2 nitrogen and oxygen atoms in total. The number of rotatable bonds is 2. The molecule has 1 saturated carbocycles. The highest BCUT2D eigenvalue weighted by atomic mass is 32.1. The fraction of sp³-hybridized carbons (Fsp3) is 0.556. The zero-order valence-electron chi connectivity index (χ0n) is 12.6. The minimum atomic E-state index is 0.430. The van der Waals surface area contributed by atoms with Crippen molar-refractivity contribution < 1.29 is 0 Å². The average Bonchev–Trinajstić information content (AvgIpc) is 2.94. The van der Waals surface area contributed by atoms with Crippen molar-refractivity contribution in [1.82, 2.24) is 10.2 Å². The quantitative estimate of drug-likeness (QED) is 0.901. The Morgan fingerprint density at radius 1 is 1.14 bits per heavy atom. The summed E-state index contributed by atoms with van der Waals surface area (Å²) in [6, 6.07) is 8.86. The molecule has 0 atom stereocenters. The van der Waals surface area contributed by atoms with Crippen LogP contribution >= 0.6 is 11.3 Å². The summed E-state index contributed by atoms with van der Waals surface area (Å²) >= 11 is 1.90. The number of hydrogen-bond donors (Lipinski definition) is 1. The van der Waals surface area contributed by atoms with Crippen LogP contribution in [-0.4, -0.2) is 30.1 Å². The van der Waals surface area contributed by atoms with Crippen LogP contribution < -0.4 is 5.32 Å². The zero-order chi connectivity index (χ0) is 14.1. The molecule has 0 radical (unpaired) electrons. The van der Waals surface area contributed by atoms with E-state index in [0.29, 0.717) is 5.54 Å². The van der Waals surface area contributed by atoms with E-state index in [0.717, 1.165) is 13.1 Å². The Balaban J connectivity index is 1.62. The molecule has 1 aliphatic heterocycles. The van der Waals surface area contributed by atoms with Crippen LogP contribution in [0.5, 0.6) is 0 Å². The lowest BCUT2D eigenvalue weighted by Gasteiger charge is -2.50. The first kappa shape index (κ1) is 13.7. The fourth-order valence-corrected chi connectivity index (χ4v) is 5.15. The highest BCUT2D eigenvalue weighted by molar-refractivity contribution is 7.17. The number of piperazine rings is 1. The van der Waals surface area contributed by atoms with Crippen LogP contribution in [0.15, 0.2) is 29.6 Å². The van der Waals surface area contributed by atoms with Gasteiger partial charge in [0.1, 0.15) is 0 Å². The largest absolute Gasteiger partial charge is 0.314 e. The van der Waals surface area contributed by atoms with Crippen LogP contribution in [-0.2, 0) is 6.54 Å². The summed E-state index contributed by atoms with van der Waals surface area (Å²) in [4.78, 5) is 2.79. The van der Waals surface area contributed by atoms with E-state index < -0.39 is 0 Å². The molecule has 1 saturated heterocycles. The molecule has 1 aromatic heterocycles. The number of benzene rings is 1. The van der Waals surface area contributed by atoms with Crippen molar-refractivity contribution in [3.05, 3.63) is 35.2 Å². The maximum Gasteiger partial charge on any atom is 0.0346 e. The molecule has 1 aliphatic carbocycles. The first-order valence-corrected chi connectivity index (χ1v) is 9.16. The van der Waals surface area contributed by atoms with Crippen LogP contribution in [0.1, 0.15) is 37.7 Å². The van der Waals surface area contributed by atoms with Crippen LogP contribution in [0.25, 0.3) is 10.1 Å². The summed E-state index contributed by atoms with van der Waals surface area (Å²) in [5.74, 6) is 0. The van der Waals surface area contributed by atoms with Gasteiger partial charge in [0.25, 0.3) is 0 Å². The number of nitrogens with one attached hydrogen (secondary N) is 1. The third kappa shape index (κ3) is 2.52. The van der Waals surface area contributed by atoms with E-state index in [1.165, 1.54) is 60.8 Å². The summed E-state index contributed by atoms with van der Waals surface area (Å²) in [5.41, 5.74) is 1.96. The normalized spacial score (nSPS) is 22.9. The monoisotopic (exact) mass is 300 g/mol. The first-order valence-electron chi connectivity index (χ1n) is 8.28. The molecule has 0 amide bonds. The van der Waals surface area contributed by atoms with Gasteiger partial charge in [-0.05, 0) is 35.2 Å². The summed E-state index contributed by atoms with van der Waals surface area (Å²) in [6.07, 6.45) is 6.99. The topological polar surface area (TPSA) is 15.3 Å². The van der Waals surface area contributed by atoms with E-state index >= 15 is 0 Å². The van der Waals surface area contributed by atoms with Gasteiger partial charge in [0, 0.05) is 36.4 Å². The van der Waals surface area contributed by atoms with E-state index in [1.807, 2.05) is 11.3 Å². The second-order valence-electron chi connectivity index (χ2n) is 6.64. The summed E-state index contributed by atoms with van der Waals surface area (Å²) < 4.78 is 1.43. The maximum atomic E-state index is 3.65. The minimum absolute atomic E-state index is 0.430. The lowest BCUT2D eigenvalue weighted by molar-refractivity contribution is 0.0213. The average molecular weight is 300 g/mol. The van der Waals surface area contributed by atoms with Gasteiger partial charge >= 0.3 is 0 Å². The van der Waals surface area contributed by atoms with Gasteiger partial charge < -0.3 is 5.32 Å². The van der Waals surface area contributed by atoms with Crippen LogP contribution in [0, 0.1) is 0 Å². The molecule has 3 heteroatoms. The lowest BCUT2D eigenvalue weighted by atomic mass is 9.79. The van der Waals surface area contributed by atoms with Crippen molar-refractivity contribution in [1.29, 1.82) is 0 Å². The molecule has 0 unspecified atom stereocenters. The van der Waals surface area contributed by atoms with Crippen LogP contribution in [0.4, 0.5) is 0 Å². The molecule has 4 rings (SSSR count). The number of hydrogen-bond acceptors (Lipinski definition) is 3. The second kappa shape index (κ2) is 5.71. The Hall–Kier alpha value is -0.900. The number of fused-ring (bicyclic) bond motifs is 1. The van der Waals surface area contributed by atoms with E-state index in [4.69, 9.17) is 0 Å². The molecule has 2 aliphatic rings. The molecular weight excluding hydrogens is 276 g/mol. The van der Waals surface area contributed by atoms with E-state index in [1.54, 1.807) is 0 Å². The summed E-state index contributed by atoms with van der Waals surface area (Å²) in [6.45, 7) is 4.66. The predicted octanol–water partition coefficient (Wildman–Crippen LogP) is 4.01. The van der Waals surface area contributed by atoms with Gasteiger partial charge in [0.15, 0.2) is 0 Å². The molecule has 2 heterocycles. The molecule has 2 aromatic rings. The Labute approximate surface area is 131 Å². The standard InChI is InChI=1S/C18H24N2S/c1-4-8-18(9-5-1)14-19-10-11-20(18)12-15-13-21-17-7-3-2-6-16(15)17/h2-3,6-7,13,19H,1,4-5,8-12,14H2. The van der Waals surface area contributed by atoms with Gasteiger partial charge in [-0.3, -0.25) is 4.90 Å². The minimum Gasteiger partial charge on any atom is -0.314 e. The highest BCUT2D eigenvalue weighted by Crippen LogP contribution is 2.37. The van der Waals surface area contributed by atoms with Crippen molar-refractivity contribution >= 4 is 21.4 Å². The van der Waals surface area contributed by atoms with Crippen LogP contribution in [0.2, 0.25) is 0 Å². The van der Waals surface area contributed by atoms with Crippen molar-refractivity contribution in [2.75, 3.05) is 19.6 Å². The van der Waals surface area contributed by atoms with Crippen LogP contribution in [0.3, 0.4) is 0 Å². The van der Waals surface area contributed by atoms with Crippen molar-refractivity contribution in [3.8, 4) is 0 Å². The van der Waals surface area contributed by atoms with Crippen molar-refractivity contribution in [2.45, 2.75) is 44.2 Å². The Kier molecular flexibility index (Phi) is 3.74. The zero-order valence-corrected chi connectivity index (χ0v) is 13.4. The second-order valence-corrected chi connectivity index (χ2v) is 7.55. The third-order valence-corrected chi connectivity index (χ3v) is 6.40. The Bertz CT molecular complexity index is 604. The fourth-order valence-electron chi connectivity index (χ4n) is 4.19. The molecule has 0 bridgehead atoms. The molecule has 1 aromatic carbocycles. The van der Waals surface area contributed by atoms with Gasteiger partial charge in [-0.2, -0.15) is 0 Å². The molecule has 112 valence electrons. The predicted molar refractivity (Wildman–Crippen MR) is 90.9 cm³/mol. The molecule has 21 heavy (non-hydrogen) atoms. The molecule has 1 N–H and O–H groups in total. The van der Waals surface area contributed by atoms with E-state index in [-0.39, 0.29) is 0 Å². The van der Waals surface area contributed by atoms with E-state index in [2.05, 4.69) is 39.9 Å². The smallest absolute Gasteiger partial charge is 0.0346 e. The number of thiophene rings is 1. The van der Waals surface area contributed by atoms with Gasteiger partial charge in [0.2, 0.25) is 0 Å². The lowest BCUT2D eigenvalue weighted by Crippen LogP contribution is -2.61. The van der Waals surface area contributed by atoms with Crippen molar-refractivity contribution in [2.24, 2.45) is 0 Å². The third-order valence-electron chi connectivity index (χ3n) is 5.39.